The van der Waals surface area contributed by atoms with Crippen molar-refractivity contribution in [3.05, 3.63) is 0 Å². The Kier molecular flexibility index (Phi) is 4.22. The fraction of sp³-hybridized carbons (Fsp3) is 1.00. The zero-order valence-corrected chi connectivity index (χ0v) is 11.0. The van der Waals surface area contributed by atoms with Crippen LogP contribution in [0.5, 0.6) is 0 Å². The molecule has 1 heteroatoms. The minimum atomic E-state index is -0.334. The Morgan fingerprint density at radius 2 is 1.73 bits per heavy atom. The van der Waals surface area contributed by atoms with Crippen LogP contribution in [0.4, 0.5) is 0 Å². The van der Waals surface area contributed by atoms with Gasteiger partial charge in [0.2, 0.25) is 0 Å². The van der Waals surface area contributed by atoms with E-state index in [1.54, 1.807) is 0 Å². The second-order valence-electron chi connectivity index (χ2n) is 6.64. The Hall–Kier alpha value is -0.0400. The first-order valence-electron chi connectivity index (χ1n) is 6.57. The molecule has 1 fully saturated rings. The maximum atomic E-state index is 10.4. The zero-order chi connectivity index (χ0) is 11.5. The lowest BCUT2D eigenvalue weighted by atomic mass is 9.73. The Balaban J connectivity index is 2.35. The quantitative estimate of drug-likeness (QED) is 0.745. The van der Waals surface area contributed by atoms with E-state index >= 15 is 0 Å². The standard InChI is InChI=1S/C14H28O/c1-5-12-6-8-14(15,9-7-12)11-10-13(2,3)4/h12,15H,5-11H2,1-4H3. The smallest absolute Gasteiger partial charge is 0.0648 e. The van der Waals surface area contributed by atoms with E-state index in [1.165, 1.54) is 19.3 Å². The monoisotopic (exact) mass is 212 g/mol. The third-order valence-electron chi connectivity index (χ3n) is 3.95. The van der Waals surface area contributed by atoms with Crippen molar-refractivity contribution in [1.82, 2.24) is 0 Å². The predicted molar refractivity (Wildman–Crippen MR) is 65.9 cm³/mol. The Morgan fingerprint density at radius 1 is 1.20 bits per heavy atom. The number of aliphatic hydroxyl groups is 1. The average Bonchev–Trinajstić information content (AvgIpc) is 2.16. The summed E-state index contributed by atoms with van der Waals surface area (Å²) in [5.41, 5.74) is 0.0241. The number of hydrogen-bond donors (Lipinski definition) is 1. The van der Waals surface area contributed by atoms with E-state index in [0.29, 0.717) is 5.41 Å². The van der Waals surface area contributed by atoms with E-state index in [2.05, 4.69) is 27.7 Å². The molecular weight excluding hydrogens is 184 g/mol. The fourth-order valence-corrected chi connectivity index (χ4v) is 2.48. The van der Waals surface area contributed by atoms with Crippen LogP contribution < -0.4 is 0 Å². The van der Waals surface area contributed by atoms with Gasteiger partial charge in [0.25, 0.3) is 0 Å². The summed E-state index contributed by atoms with van der Waals surface area (Å²) >= 11 is 0. The summed E-state index contributed by atoms with van der Waals surface area (Å²) in [7, 11) is 0. The molecule has 1 N–H and O–H groups in total. The highest BCUT2D eigenvalue weighted by Gasteiger charge is 2.33. The van der Waals surface area contributed by atoms with Crippen LogP contribution in [0.15, 0.2) is 0 Å². The van der Waals surface area contributed by atoms with Crippen molar-refractivity contribution in [1.29, 1.82) is 0 Å². The Morgan fingerprint density at radius 3 is 2.13 bits per heavy atom. The van der Waals surface area contributed by atoms with E-state index < -0.39 is 0 Å². The van der Waals surface area contributed by atoms with Gasteiger partial charge in [0.05, 0.1) is 5.60 Å². The molecule has 0 amide bonds. The van der Waals surface area contributed by atoms with Gasteiger partial charge in [-0.3, -0.25) is 0 Å². The van der Waals surface area contributed by atoms with Crippen LogP contribution in [0.1, 0.15) is 72.6 Å². The molecule has 1 saturated carbocycles. The highest BCUT2D eigenvalue weighted by Crippen LogP contribution is 2.38. The number of hydrogen-bond acceptors (Lipinski definition) is 1. The summed E-state index contributed by atoms with van der Waals surface area (Å²) < 4.78 is 0. The third-order valence-corrected chi connectivity index (χ3v) is 3.95. The molecular formula is C14H28O. The lowest BCUT2D eigenvalue weighted by Gasteiger charge is -2.37. The molecule has 0 bridgehead atoms. The molecule has 1 aliphatic rings. The molecule has 1 nitrogen and oxygen atoms in total. The van der Waals surface area contributed by atoms with Gasteiger partial charge in [0.1, 0.15) is 0 Å². The van der Waals surface area contributed by atoms with Crippen LogP contribution in [-0.4, -0.2) is 10.7 Å². The highest BCUT2D eigenvalue weighted by atomic mass is 16.3. The molecule has 0 atom stereocenters. The van der Waals surface area contributed by atoms with Crippen molar-refractivity contribution in [2.75, 3.05) is 0 Å². The third kappa shape index (κ3) is 4.55. The maximum Gasteiger partial charge on any atom is 0.0648 e. The van der Waals surface area contributed by atoms with E-state index in [9.17, 15) is 5.11 Å². The van der Waals surface area contributed by atoms with Gasteiger partial charge in [-0.2, -0.15) is 0 Å². The predicted octanol–water partition coefficient (Wildman–Crippen LogP) is 4.14. The van der Waals surface area contributed by atoms with Crippen molar-refractivity contribution in [2.45, 2.75) is 78.2 Å². The fourth-order valence-electron chi connectivity index (χ4n) is 2.48. The molecule has 0 aliphatic heterocycles. The Bertz CT molecular complexity index is 182. The van der Waals surface area contributed by atoms with Crippen molar-refractivity contribution in [3.63, 3.8) is 0 Å². The largest absolute Gasteiger partial charge is 0.390 e. The number of rotatable bonds is 3. The molecule has 0 aromatic carbocycles. The molecule has 0 radical (unpaired) electrons. The second-order valence-corrected chi connectivity index (χ2v) is 6.64. The summed E-state index contributed by atoms with van der Waals surface area (Å²) in [4.78, 5) is 0. The topological polar surface area (TPSA) is 20.2 Å². The zero-order valence-electron chi connectivity index (χ0n) is 11.0. The van der Waals surface area contributed by atoms with Crippen LogP contribution in [0.3, 0.4) is 0 Å². The normalized spacial score (nSPS) is 33.0. The SMILES string of the molecule is CCC1CCC(O)(CCC(C)(C)C)CC1. The summed E-state index contributed by atoms with van der Waals surface area (Å²) in [6.07, 6.45) is 7.94. The minimum absolute atomic E-state index is 0.334. The van der Waals surface area contributed by atoms with Crippen molar-refractivity contribution >= 4 is 0 Å². The van der Waals surface area contributed by atoms with Gasteiger partial charge in [0, 0.05) is 0 Å². The lowest BCUT2D eigenvalue weighted by Crippen LogP contribution is -2.34. The van der Waals surface area contributed by atoms with Crippen LogP contribution >= 0.6 is 0 Å². The molecule has 0 saturated heterocycles. The van der Waals surface area contributed by atoms with Gasteiger partial charge in [-0.15, -0.1) is 0 Å². The molecule has 0 unspecified atom stereocenters. The van der Waals surface area contributed by atoms with Crippen molar-refractivity contribution < 1.29 is 5.11 Å². The summed E-state index contributed by atoms with van der Waals surface area (Å²) in [5.74, 6) is 0.875. The summed E-state index contributed by atoms with van der Waals surface area (Å²) in [5, 5.41) is 10.4. The van der Waals surface area contributed by atoms with E-state index in [1.807, 2.05) is 0 Å². The first-order valence-corrected chi connectivity index (χ1v) is 6.57. The molecule has 0 aromatic rings. The molecule has 90 valence electrons. The maximum absolute atomic E-state index is 10.4. The van der Waals surface area contributed by atoms with Gasteiger partial charge < -0.3 is 5.11 Å². The highest BCUT2D eigenvalue weighted by molar-refractivity contribution is 4.86. The van der Waals surface area contributed by atoms with Gasteiger partial charge in [-0.05, 0) is 49.9 Å². The van der Waals surface area contributed by atoms with E-state index in [-0.39, 0.29) is 5.60 Å². The van der Waals surface area contributed by atoms with Gasteiger partial charge in [0.15, 0.2) is 0 Å². The van der Waals surface area contributed by atoms with Crippen LogP contribution in [0, 0.1) is 11.3 Å². The van der Waals surface area contributed by atoms with Crippen LogP contribution in [0.25, 0.3) is 0 Å². The Labute approximate surface area is 95.3 Å². The summed E-state index contributed by atoms with van der Waals surface area (Å²) in [6, 6.07) is 0. The van der Waals surface area contributed by atoms with Gasteiger partial charge in [-0.25, -0.2) is 0 Å². The molecule has 0 aromatic heterocycles. The van der Waals surface area contributed by atoms with Gasteiger partial charge >= 0.3 is 0 Å². The molecule has 1 rings (SSSR count). The lowest BCUT2D eigenvalue weighted by molar-refractivity contribution is -0.0245. The van der Waals surface area contributed by atoms with Crippen molar-refractivity contribution in [3.8, 4) is 0 Å². The van der Waals surface area contributed by atoms with Gasteiger partial charge in [-0.1, -0.05) is 34.1 Å². The molecule has 15 heavy (non-hydrogen) atoms. The minimum Gasteiger partial charge on any atom is -0.390 e. The van der Waals surface area contributed by atoms with Crippen molar-refractivity contribution in [2.24, 2.45) is 11.3 Å². The van der Waals surface area contributed by atoms with Crippen LogP contribution in [0.2, 0.25) is 0 Å². The molecule has 0 spiro atoms. The summed E-state index contributed by atoms with van der Waals surface area (Å²) in [6.45, 7) is 9.04. The molecule has 1 aliphatic carbocycles. The first-order chi connectivity index (χ1) is 6.85. The van der Waals surface area contributed by atoms with E-state index in [4.69, 9.17) is 0 Å². The first kappa shape index (κ1) is 13.0. The van der Waals surface area contributed by atoms with E-state index in [0.717, 1.165) is 31.6 Å². The average molecular weight is 212 g/mol. The molecule has 0 heterocycles. The van der Waals surface area contributed by atoms with Crippen LogP contribution in [-0.2, 0) is 0 Å². The second kappa shape index (κ2) is 4.86.